The molecule has 1 aliphatic rings. The predicted molar refractivity (Wildman–Crippen MR) is 282 cm³/mol. The molecule has 0 aliphatic carbocycles. The van der Waals surface area contributed by atoms with E-state index < -0.39 is 0 Å². The van der Waals surface area contributed by atoms with Crippen molar-refractivity contribution in [2.45, 2.75) is 92.9 Å². The van der Waals surface area contributed by atoms with Crippen LogP contribution >= 0.6 is 0 Å². The van der Waals surface area contributed by atoms with Crippen LogP contribution in [0, 0.1) is 43.6 Å². The minimum absolute atomic E-state index is 0.0368. The van der Waals surface area contributed by atoms with Gasteiger partial charge in [-0.2, -0.15) is 0 Å². The molecule has 0 bridgehead atoms. The molecule has 0 atom stereocenters. The zero-order chi connectivity index (χ0) is 48.4. The Kier molecular flexibility index (Phi) is 12.1. The summed E-state index contributed by atoms with van der Waals surface area (Å²) in [4.78, 5) is 7.21. The zero-order valence-electron chi connectivity index (χ0n) is 41.5. The third-order valence-corrected chi connectivity index (χ3v) is 15.0. The fourth-order valence-electron chi connectivity index (χ4n) is 10.0. The van der Waals surface area contributed by atoms with Crippen molar-refractivity contribution in [1.29, 1.82) is 0 Å². The molecule has 69 heavy (non-hydrogen) atoms. The number of rotatable bonds is 8. The average molecular weight is 1080 g/mol. The van der Waals surface area contributed by atoms with Crippen molar-refractivity contribution in [2.24, 2.45) is 0 Å². The number of benzene rings is 7. The third-order valence-electron chi connectivity index (χ3n) is 14.0. The number of fused-ring (bicyclic) bond motifs is 2. The molecule has 2 aromatic heterocycles. The molecule has 5 nitrogen and oxygen atoms in total. The van der Waals surface area contributed by atoms with E-state index in [9.17, 15) is 0 Å². The molecular formula is C63H60N4OPt-2. The maximum atomic E-state index is 7.03. The molecule has 0 amide bonds. The molecule has 0 fully saturated rings. The number of pyridine rings is 1. The van der Waals surface area contributed by atoms with Gasteiger partial charge in [0, 0.05) is 6.20 Å². The summed E-state index contributed by atoms with van der Waals surface area (Å²) in [6.45, 7) is 23.6. The van der Waals surface area contributed by atoms with Gasteiger partial charge in [-0.25, -0.2) is 0 Å². The van der Waals surface area contributed by atoms with Crippen molar-refractivity contribution in [3.05, 3.63) is 201 Å². The molecule has 6 heteroatoms. The fraction of sp³-hybridized carbons (Fsp3) is 0.238. The second-order valence-electron chi connectivity index (χ2n) is 20.7. The van der Waals surface area contributed by atoms with Gasteiger partial charge in [-0.05, 0) is 29.4 Å². The van der Waals surface area contributed by atoms with E-state index in [0.717, 1.165) is 57.1 Å². The Bertz CT molecular complexity index is 3380. The van der Waals surface area contributed by atoms with Crippen LogP contribution in [0.4, 0.5) is 11.5 Å². The van der Waals surface area contributed by atoms with E-state index in [-0.39, 0.29) is 10.8 Å². The van der Waals surface area contributed by atoms with Crippen LogP contribution in [0.2, 0.25) is 0 Å². The van der Waals surface area contributed by atoms with Crippen molar-refractivity contribution in [3.63, 3.8) is 0 Å². The van der Waals surface area contributed by atoms with E-state index in [2.05, 4.69) is 248 Å². The number of anilines is 2. The van der Waals surface area contributed by atoms with Gasteiger partial charge in [-0.3, -0.25) is 0 Å². The van der Waals surface area contributed by atoms with Crippen LogP contribution < -0.4 is 9.64 Å². The number of aryl methyl sites for hydroxylation is 1. The first-order valence-electron chi connectivity index (χ1n) is 24.2. The maximum absolute atomic E-state index is 7.03. The van der Waals surface area contributed by atoms with Crippen molar-refractivity contribution in [2.75, 3.05) is 11.4 Å². The van der Waals surface area contributed by atoms with Gasteiger partial charge >= 0.3 is 339 Å². The van der Waals surface area contributed by atoms with Crippen molar-refractivity contribution in [3.8, 4) is 56.3 Å². The molecule has 9 aromatic rings. The molecule has 3 heterocycles. The first-order valence-corrected chi connectivity index (χ1v) is 25.3. The topological polar surface area (TPSA) is 35.2 Å². The molecule has 10 rings (SSSR count). The monoisotopic (exact) mass is 1080 g/mol. The van der Waals surface area contributed by atoms with Gasteiger partial charge in [0.1, 0.15) is 0 Å². The average Bonchev–Trinajstić information content (AvgIpc) is 3.63. The first kappa shape index (κ1) is 46.2. The van der Waals surface area contributed by atoms with Crippen molar-refractivity contribution < 1.29 is 24.1 Å². The van der Waals surface area contributed by atoms with E-state index in [0.29, 0.717) is 11.5 Å². The van der Waals surface area contributed by atoms with Gasteiger partial charge in [-0.1, -0.05) is 47.6 Å². The van der Waals surface area contributed by atoms with Gasteiger partial charge in [0.05, 0.1) is 0 Å². The third kappa shape index (κ3) is 8.65. The molecule has 0 N–H and O–H groups in total. The van der Waals surface area contributed by atoms with Gasteiger partial charge in [-0.15, -0.1) is 0 Å². The molecule has 350 valence electrons. The molecule has 0 radical (unpaired) electrons. The van der Waals surface area contributed by atoms with E-state index in [4.69, 9.17) is 9.72 Å². The predicted octanol–water partition coefficient (Wildman–Crippen LogP) is 16.2. The quantitative estimate of drug-likeness (QED) is 0.142. The van der Waals surface area contributed by atoms with E-state index in [1.54, 1.807) is 0 Å². The first-order chi connectivity index (χ1) is 33.1. The number of para-hydroxylation sites is 2. The van der Waals surface area contributed by atoms with E-state index in [1.165, 1.54) is 72.3 Å². The fourth-order valence-corrected chi connectivity index (χ4v) is 11.1. The normalized spacial score (nSPS) is 13.0. The Morgan fingerprint density at radius 1 is 0.580 bits per heavy atom. The Morgan fingerprint density at radius 2 is 1.17 bits per heavy atom. The van der Waals surface area contributed by atoms with Gasteiger partial charge < -0.3 is 0 Å². The van der Waals surface area contributed by atoms with Crippen LogP contribution in [0.15, 0.2) is 146 Å². The van der Waals surface area contributed by atoms with E-state index >= 15 is 0 Å². The Morgan fingerprint density at radius 3 is 1.77 bits per heavy atom. The second-order valence-corrected chi connectivity index (χ2v) is 21.7. The minimum atomic E-state index is -0.0368. The number of hydrogen-bond acceptors (Lipinski definition) is 3. The molecule has 7 aromatic carbocycles. The standard InChI is InChI=1S/C63H60N4O.Pt/c1-41-30-31-64-58(33-41)65-32-20-27-53-54(47-34-48(62(5,6)7)36-49(35-47)63(8,9)10)38-52(39-57(53)65)68-51-26-19-25-50(37-51)66-40-67(56-29-18-17-28-55(56)66)61-59(45-21-13-11-14-22-45)43(3)42(2)44(4)60(61)46-23-15-12-16-24-46;/h11-19,21-26,28-31,33-36,38H,20,27,32H2,1-10H3;/q-2;. The van der Waals surface area contributed by atoms with Crippen molar-refractivity contribution in [1.82, 2.24) is 14.1 Å². The molecular weight excluding hydrogens is 1020 g/mol. The Hall–Kier alpha value is -6.55. The summed E-state index contributed by atoms with van der Waals surface area (Å²) in [5.74, 6) is 2.18. The molecule has 0 spiro atoms. The van der Waals surface area contributed by atoms with Crippen LogP contribution in [-0.2, 0) is 36.6 Å². The van der Waals surface area contributed by atoms with Crippen LogP contribution in [0.5, 0.6) is 11.5 Å². The number of ether oxygens (including phenoxy) is 1. The van der Waals surface area contributed by atoms with Crippen LogP contribution in [0.1, 0.15) is 86.9 Å². The summed E-state index contributed by atoms with van der Waals surface area (Å²) < 4.78 is 12.8. The number of aromatic nitrogens is 3. The number of imidazole rings is 1. The summed E-state index contributed by atoms with van der Waals surface area (Å²) in [6, 6.07) is 57.8. The number of nitrogens with zero attached hydrogens (tertiary/aromatic N) is 4. The van der Waals surface area contributed by atoms with Crippen molar-refractivity contribution >= 4 is 22.5 Å². The zero-order valence-corrected chi connectivity index (χ0v) is 43.8. The summed E-state index contributed by atoms with van der Waals surface area (Å²) in [7, 11) is 0. The Balaban J connectivity index is 1.16. The summed E-state index contributed by atoms with van der Waals surface area (Å²) in [6.07, 6.45) is 3.86. The second kappa shape index (κ2) is 18.1. The van der Waals surface area contributed by atoms with E-state index in [1.807, 2.05) is 12.3 Å². The number of hydrogen-bond donors (Lipinski definition) is 0. The van der Waals surface area contributed by atoms with Gasteiger partial charge in [0.15, 0.2) is 0 Å². The van der Waals surface area contributed by atoms with Crippen LogP contribution in [0.25, 0.3) is 55.8 Å². The summed E-state index contributed by atoms with van der Waals surface area (Å²) >= 11 is 2.52. The van der Waals surface area contributed by atoms with Crippen LogP contribution in [0.3, 0.4) is 0 Å². The summed E-state index contributed by atoms with van der Waals surface area (Å²) in [5, 5.41) is 0. The van der Waals surface area contributed by atoms with Gasteiger partial charge in [0.25, 0.3) is 0 Å². The SMILES string of the molecule is Cc1ccnc(N2CCCc3c2[c-]c(Oc2[c-]c(-n4[c](=[Pt])n(-c5c(-c6ccccc6)c(C)c(C)c(C)c5-c5ccccc5)c5ccccc54)ccc2)cc3-c2cc(C(C)(C)C)cc(C(C)(C)C)c2)c1. The Labute approximate surface area is 419 Å². The summed E-state index contributed by atoms with van der Waals surface area (Å²) in [5.41, 5.74) is 21.3. The van der Waals surface area contributed by atoms with Gasteiger partial charge in [0.2, 0.25) is 0 Å². The van der Waals surface area contributed by atoms with Crippen LogP contribution in [-0.4, -0.2) is 20.7 Å². The molecule has 0 saturated heterocycles. The molecule has 1 aliphatic heterocycles. The molecule has 0 unspecified atom stereocenters. The molecule has 0 saturated carbocycles.